The molecule has 0 radical (unpaired) electrons. The Bertz CT molecular complexity index is 764. The molecule has 0 heterocycles. The number of rotatable bonds is 4. The summed E-state index contributed by atoms with van der Waals surface area (Å²) in [4.78, 5) is 23.9. The van der Waals surface area contributed by atoms with Crippen molar-refractivity contribution in [2.45, 2.75) is 45.4 Å². The second-order valence-corrected chi connectivity index (χ2v) is 8.98. The van der Waals surface area contributed by atoms with Crippen molar-refractivity contribution in [2.75, 3.05) is 5.32 Å². The minimum absolute atomic E-state index is 0.193. The van der Waals surface area contributed by atoms with Crippen LogP contribution in [0.3, 0.4) is 0 Å². The number of hydrogen-bond donors (Lipinski definition) is 2. The molecule has 0 atom stereocenters. The van der Waals surface area contributed by atoms with E-state index in [1.54, 1.807) is 18.2 Å². The van der Waals surface area contributed by atoms with E-state index in [0.29, 0.717) is 16.3 Å². The zero-order valence-electron chi connectivity index (χ0n) is 15.1. The Kier molecular flexibility index (Phi) is 4.34. The molecule has 4 fully saturated rings. The SMILES string of the molecule is CC(=CC(=O)Nc1cc(C(N)=O)ccc1Cl)C12CC3CC(CC(C3)C1)C2. The molecule has 4 nitrogen and oxygen atoms in total. The van der Waals surface area contributed by atoms with E-state index in [-0.39, 0.29) is 11.3 Å². The van der Waals surface area contributed by atoms with Gasteiger partial charge in [-0.2, -0.15) is 0 Å². The van der Waals surface area contributed by atoms with Gasteiger partial charge >= 0.3 is 0 Å². The second-order valence-electron chi connectivity index (χ2n) is 8.57. The predicted molar refractivity (Wildman–Crippen MR) is 103 cm³/mol. The molecule has 1 aromatic rings. The highest BCUT2D eigenvalue weighted by atomic mass is 35.5. The number of primary amides is 1. The summed E-state index contributed by atoms with van der Waals surface area (Å²) in [5.74, 6) is 1.79. The maximum absolute atomic E-state index is 12.6. The first kappa shape index (κ1) is 17.6. The summed E-state index contributed by atoms with van der Waals surface area (Å²) in [5.41, 5.74) is 7.46. The fourth-order valence-electron chi connectivity index (χ4n) is 5.89. The number of carbonyl (C=O) groups is 2. The quantitative estimate of drug-likeness (QED) is 0.761. The lowest BCUT2D eigenvalue weighted by Crippen LogP contribution is -2.46. The number of allylic oxidation sites excluding steroid dienone is 1. The summed E-state index contributed by atoms with van der Waals surface area (Å²) in [7, 11) is 0. The van der Waals surface area contributed by atoms with Crippen LogP contribution in [-0.4, -0.2) is 11.8 Å². The fraction of sp³-hybridized carbons (Fsp3) is 0.524. The van der Waals surface area contributed by atoms with Crippen molar-refractivity contribution in [3.8, 4) is 0 Å². The van der Waals surface area contributed by atoms with Crippen LogP contribution in [0.25, 0.3) is 0 Å². The Balaban J connectivity index is 1.52. The molecule has 5 heteroatoms. The number of carbonyl (C=O) groups excluding carboxylic acids is 2. The van der Waals surface area contributed by atoms with Crippen molar-refractivity contribution in [1.82, 2.24) is 0 Å². The number of hydrogen-bond acceptors (Lipinski definition) is 2. The van der Waals surface area contributed by atoms with Crippen LogP contribution in [0.5, 0.6) is 0 Å². The lowest BCUT2D eigenvalue weighted by molar-refractivity contribution is -0.112. The van der Waals surface area contributed by atoms with Crippen molar-refractivity contribution < 1.29 is 9.59 Å². The zero-order valence-corrected chi connectivity index (χ0v) is 15.8. The lowest BCUT2D eigenvalue weighted by atomic mass is 9.48. The van der Waals surface area contributed by atoms with E-state index in [2.05, 4.69) is 12.2 Å². The van der Waals surface area contributed by atoms with Gasteiger partial charge in [0.05, 0.1) is 10.7 Å². The topological polar surface area (TPSA) is 72.2 Å². The fourth-order valence-corrected chi connectivity index (χ4v) is 6.05. The molecule has 0 aliphatic heterocycles. The number of benzene rings is 1. The van der Waals surface area contributed by atoms with Gasteiger partial charge in [0.15, 0.2) is 0 Å². The van der Waals surface area contributed by atoms with E-state index in [4.69, 9.17) is 17.3 Å². The first-order valence-electron chi connectivity index (χ1n) is 9.44. The number of amides is 2. The van der Waals surface area contributed by atoms with E-state index >= 15 is 0 Å². The third kappa shape index (κ3) is 3.16. The molecule has 5 rings (SSSR count). The second kappa shape index (κ2) is 6.41. The summed E-state index contributed by atoms with van der Waals surface area (Å²) in [5, 5.41) is 3.21. The monoisotopic (exact) mass is 372 g/mol. The molecule has 3 N–H and O–H groups in total. The van der Waals surface area contributed by atoms with Crippen LogP contribution in [-0.2, 0) is 4.79 Å². The average molecular weight is 373 g/mol. The molecule has 1 aromatic carbocycles. The number of anilines is 1. The van der Waals surface area contributed by atoms with Crippen LogP contribution in [0.15, 0.2) is 29.8 Å². The van der Waals surface area contributed by atoms with Gasteiger partial charge in [0, 0.05) is 11.6 Å². The minimum atomic E-state index is -0.544. The van der Waals surface area contributed by atoms with Gasteiger partial charge in [0.2, 0.25) is 11.8 Å². The average Bonchev–Trinajstić information content (AvgIpc) is 2.55. The molecule has 138 valence electrons. The molecule has 0 saturated heterocycles. The lowest BCUT2D eigenvalue weighted by Gasteiger charge is -2.57. The molecule has 0 spiro atoms. The molecule has 2 amide bonds. The molecule has 4 saturated carbocycles. The number of halogens is 1. The van der Waals surface area contributed by atoms with E-state index in [0.717, 1.165) is 17.8 Å². The molecule has 4 bridgehead atoms. The van der Waals surface area contributed by atoms with Crippen LogP contribution in [0.4, 0.5) is 5.69 Å². The van der Waals surface area contributed by atoms with Gasteiger partial charge < -0.3 is 11.1 Å². The Hall–Kier alpha value is -1.81. The van der Waals surface area contributed by atoms with Crippen LogP contribution in [0.1, 0.15) is 55.8 Å². The molecular formula is C21H25ClN2O2. The van der Waals surface area contributed by atoms with Gasteiger partial charge in [-0.25, -0.2) is 0 Å². The van der Waals surface area contributed by atoms with E-state index in [1.807, 2.05) is 0 Å². The minimum Gasteiger partial charge on any atom is -0.366 e. The van der Waals surface area contributed by atoms with E-state index < -0.39 is 5.91 Å². The highest BCUT2D eigenvalue weighted by Crippen LogP contribution is 2.62. The van der Waals surface area contributed by atoms with Crippen molar-refractivity contribution in [1.29, 1.82) is 0 Å². The Morgan fingerprint density at radius 2 is 1.73 bits per heavy atom. The summed E-state index contributed by atoms with van der Waals surface area (Å²) in [6, 6.07) is 4.65. The van der Waals surface area contributed by atoms with Gasteiger partial charge in [0.25, 0.3) is 0 Å². The summed E-state index contributed by atoms with van der Waals surface area (Å²) < 4.78 is 0. The molecule has 26 heavy (non-hydrogen) atoms. The van der Waals surface area contributed by atoms with Crippen molar-refractivity contribution >= 4 is 29.1 Å². The van der Waals surface area contributed by atoms with Crippen LogP contribution >= 0.6 is 11.6 Å². The van der Waals surface area contributed by atoms with Crippen LogP contribution < -0.4 is 11.1 Å². The normalized spacial score (nSPS) is 32.5. The third-order valence-corrected chi connectivity index (χ3v) is 7.06. The van der Waals surface area contributed by atoms with E-state index in [1.165, 1.54) is 50.2 Å². The maximum atomic E-state index is 12.6. The van der Waals surface area contributed by atoms with Crippen LogP contribution in [0.2, 0.25) is 5.02 Å². The largest absolute Gasteiger partial charge is 0.366 e. The Morgan fingerprint density at radius 3 is 2.27 bits per heavy atom. The summed E-state index contributed by atoms with van der Waals surface area (Å²) >= 11 is 6.15. The smallest absolute Gasteiger partial charge is 0.248 e. The highest BCUT2D eigenvalue weighted by molar-refractivity contribution is 6.34. The van der Waals surface area contributed by atoms with Crippen molar-refractivity contribution in [3.05, 3.63) is 40.4 Å². The highest BCUT2D eigenvalue weighted by Gasteiger charge is 2.51. The molecule has 0 aromatic heterocycles. The molecular weight excluding hydrogens is 348 g/mol. The predicted octanol–water partition coefficient (Wildman–Crippen LogP) is 4.54. The van der Waals surface area contributed by atoms with Gasteiger partial charge in [-0.1, -0.05) is 17.2 Å². The van der Waals surface area contributed by atoms with Gasteiger partial charge in [-0.3, -0.25) is 9.59 Å². The van der Waals surface area contributed by atoms with Crippen LogP contribution in [0, 0.1) is 23.2 Å². The standard InChI is InChI=1S/C21H25ClN2O2/c1-12(21-9-13-5-14(10-21)7-15(6-13)11-21)4-19(25)24-18-8-16(20(23)26)2-3-17(18)22/h2-4,8,13-15H,5-7,9-11H2,1H3,(H2,23,26)(H,24,25). The summed E-state index contributed by atoms with van der Waals surface area (Å²) in [6.07, 6.45) is 9.57. The Labute approximate surface area is 159 Å². The summed E-state index contributed by atoms with van der Waals surface area (Å²) in [6.45, 7) is 2.11. The van der Waals surface area contributed by atoms with Gasteiger partial charge in [-0.05, 0) is 86.8 Å². The first-order chi connectivity index (χ1) is 12.3. The number of nitrogens with two attached hydrogens (primary N) is 1. The van der Waals surface area contributed by atoms with Crippen molar-refractivity contribution in [3.63, 3.8) is 0 Å². The zero-order chi connectivity index (χ0) is 18.5. The van der Waals surface area contributed by atoms with Crippen molar-refractivity contribution in [2.24, 2.45) is 28.9 Å². The van der Waals surface area contributed by atoms with Gasteiger partial charge in [0.1, 0.15) is 0 Å². The Morgan fingerprint density at radius 1 is 1.15 bits per heavy atom. The maximum Gasteiger partial charge on any atom is 0.248 e. The third-order valence-electron chi connectivity index (χ3n) is 6.73. The number of nitrogens with one attached hydrogen (secondary N) is 1. The molecule has 4 aliphatic carbocycles. The van der Waals surface area contributed by atoms with Gasteiger partial charge in [-0.15, -0.1) is 0 Å². The van der Waals surface area contributed by atoms with E-state index in [9.17, 15) is 9.59 Å². The molecule has 4 aliphatic rings. The molecule has 0 unspecified atom stereocenters. The first-order valence-corrected chi connectivity index (χ1v) is 9.81.